The summed E-state index contributed by atoms with van der Waals surface area (Å²) in [6.07, 6.45) is 0. The van der Waals surface area contributed by atoms with Gasteiger partial charge in [0.1, 0.15) is 8.07 Å². The van der Waals surface area contributed by atoms with Gasteiger partial charge in [0, 0.05) is 11.1 Å². The van der Waals surface area contributed by atoms with Crippen LogP contribution in [-0.2, 0) is 0 Å². The van der Waals surface area contributed by atoms with Crippen molar-refractivity contribution >= 4 is 14.0 Å². The van der Waals surface area contributed by atoms with Gasteiger partial charge in [-0.05, 0) is 24.6 Å². The van der Waals surface area contributed by atoms with Gasteiger partial charge in [-0.3, -0.25) is 0 Å². The van der Waals surface area contributed by atoms with Gasteiger partial charge in [0.15, 0.2) is 0 Å². The Morgan fingerprint density at radius 3 is 2.38 bits per heavy atom. The van der Waals surface area contributed by atoms with Crippen molar-refractivity contribution in [1.29, 1.82) is 0 Å². The van der Waals surface area contributed by atoms with Crippen LogP contribution in [0.25, 0.3) is 0 Å². The van der Waals surface area contributed by atoms with Crippen molar-refractivity contribution < 1.29 is 9.90 Å². The predicted molar refractivity (Wildman–Crippen MR) is 65.7 cm³/mol. The Morgan fingerprint density at radius 2 is 1.94 bits per heavy atom. The van der Waals surface area contributed by atoms with Crippen LogP contribution in [0, 0.1) is 18.4 Å². The molecule has 0 N–H and O–H groups in total. The van der Waals surface area contributed by atoms with Gasteiger partial charge in [-0.15, -0.1) is 5.54 Å². The van der Waals surface area contributed by atoms with Crippen molar-refractivity contribution in [2.24, 2.45) is 0 Å². The first kappa shape index (κ1) is 12.5. The van der Waals surface area contributed by atoms with Crippen LogP contribution in [0.1, 0.15) is 21.5 Å². The lowest BCUT2D eigenvalue weighted by molar-refractivity contribution is -0.255. The molecule has 0 aromatic heterocycles. The summed E-state index contributed by atoms with van der Waals surface area (Å²) in [7, 11) is -1.38. The van der Waals surface area contributed by atoms with Crippen LogP contribution in [0.4, 0.5) is 0 Å². The third-order valence-corrected chi connectivity index (χ3v) is 2.90. The number of aryl methyl sites for hydroxylation is 1. The summed E-state index contributed by atoms with van der Waals surface area (Å²) in [6.45, 7) is 8.26. The van der Waals surface area contributed by atoms with Gasteiger partial charge in [0.2, 0.25) is 0 Å². The van der Waals surface area contributed by atoms with Crippen molar-refractivity contribution in [2.45, 2.75) is 26.6 Å². The average Bonchev–Trinajstić information content (AvgIpc) is 2.13. The Kier molecular flexibility index (Phi) is 3.56. The monoisotopic (exact) mass is 231 g/mol. The van der Waals surface area contributed by atoms with E-state index >= 15 is 0 Å². The van der Waals surface area contributed by atoms with Gasteiger partial charge in [-0.2, -0.15) is 0 Å². The smallest absolute Gasteiger partial charge is 0.129 e. The summed E-state index contributed by atoms with van der Waals surface area (Å²) in [6, 6.07) is 5.07. The second kappa shape index (κ2) is 4.54. The van der Waals surface area contributed by atoms with Gasteiger partial charge in [-0.1, -0.05) is 31.6 Å². The zero-order valence-electron chi connectivity index (χ0n) is 10.0. The Morgan fingerprint density at radius 1 is 1.31 bits per heavy atom. The molecule has 1 aromatic rings. The number of hydrogen-bond donors (Lipinski definition) is 0. The summed E-state index contributed by atoms with van der Waals surface area (Å²) in [5.41, 5.74) is 5.04. The van der Waals surface area contributed by atoms with E-state index in [0.717, 1.165) is 5.56 Å². The minimum atomic E-state index is -1.38. The third-order valence-electron chi connectivity index (χ3n) is 2.03. The fourth-order valence-electron chi connectivity index (χ4n) is 1.23. The van der Waals surface area contributed by atoms with Gasteiger partial charge in [0.05, 0.1) is 5.97 Å². The molecule has 16 heavy (non-hydrogen) atoms. The van der Waals surface area contributed by atoms with Crippen LogP contribution in [0.15, 0.2) is 18.2 Å². The maximum absolute atomic E-state index is 10.7. The van der Waals surface area contributed by atoms with E-state index in [2.05, 4.69) is 31.1 Å². The van der Waals surface area contributed by atoms with E-state index in [1.165, 1.54) is 0 Å². The molecule has 0 fully saturated rings. The normalized spacial score (nSPS) is 10.5. The van der Waals surface area contributed by atoms with Crippen LogP contribution in [-0.4, -0.2) is 14.0 Å². The van der Waals surface area contributed by atoms with Crippen molar-refractivity contribution in [3.05, 3.63) is 34.9 Å². The lowest BCUT2D eigenvalue weighted by Crippen LogP contribution is -2.23. The Balaban J connectivity index is 3.06. The molecule has 0 unspecified atom stereocenters. The molecule has 0 heterocycles. The van der Waals surface area contributed by atoms with E-state index in [1.807, 2.05) is 0 Å². The molecule has 0 saturated carbocycles. The summed E-state index contributed by atoms with van der Waals surface area (Å²) in [5, 5.41) is 10.7. The topological polar surface area (TPSA) is 40.1 Å². The number of hydrogen-bond acceptors (Lipinski definition) is 2. The zero-order valence-corrected chi connectivity index (χ0v) is 11.0. The van der Waals surface area contributed by atoms with E-state index in [-0.39, 0.29) is 5.56 Å². The van der Waals surface area contributed by atoms with E-state index in [1.54, 1.807) is 25.1 Å². The molecule has 2 nitrogen and oxygen atoms in total. The molecule has 84 valence electrons. The number of aromatic carboxylic acids is 1. The van der Waals surface area contributed by atoms with Crippen molar-refractivity contribution in [1.82, 2.24) is 0 Å². The molecule has 0 radical (unpaired) electrons. The highest BCUT2D eigenvalue weighted by Gasteiger charge is 2.07. The highest BCUT2D eigenvalue weighted by Crippen LogP contribution is 2.10. The van der Waals surface area contributed by atoms with E-state index in [0.29, 0.717) is 5.56 Å². The first-order valence-electron chi connectivity index (χ1n) is 5.15. The van der Waals surface area contributed by atoms with Crippen LogP contribution in [0.5, 0.6) is 0 Å². The van der Waals surface area contributed by atoms with Gasteiger partial charge < -0.3 is 9.90 Å². The molecule has 0 aliphatic carbocycles. The molecule has 1 aromatic carbocycles. The molecule has 0 bridgehead atoms. The Bertz CT molecular complexity index is 473. The molecule has 0 aliphatic heterocycles. The number of carbonyl (C=O) groups excluding carboxylic acids is 1. The lowest BCUT2D eigenvalue weighted by atomic mass is 10.1. The van der Waals surface area contributed by atoms with Crippen molar-refractivity contribution in [3.63, 3.8) is 0 Å². The van der Waals surface area contributed by atoms with Gasteiger partial charge in [-0.25, -0.2) is 0 Å². The minimum Gasteiger partial charge on any atom is -0.545 e. The number of rotatable bonds is 1. The van der Waals surface area contributed by atoms with E-state index in [4.69, 9.17) is 0 Å². The fourth-order valence-corrected chi connectivity index (χ4v) is 1.75. The predicted octanol–water partition coefficient (Wildman–Crippen LogP) is 1.59. The van der Waals surface area contributed by atoms with Crippen LogP contribution >= 0.6 is 0 Å². The summed E-state index contributed by atoms with van der Waals surface area (Å²) < 4.78 is 0. The highest BCUT2D eigenvalue weighted by atomic mass is 28.3. The Labute approximate surface area is 97.3 Å². The molecule has 3 heteroatoms. The quantitative estimate of drug-likeness (QED) is 0.544. The fraction of sp³-hybridized carbons (Fsp3) is 0.308. The number of carbonyl (C=O) groups is 1. The molecule has 1 rings (SSSR count). The molecular weight excluding hydrogens is 216 g/mol. The van der Waals surface area contributed by atoms with Gasteiger partial charge >= 0.3 is 0 Å². The summed E-state index contributed by atoms with van der Waals surface area (Å²) in [5.74, 6) is 1.95. The molecule has 0 spiro atoms. The number of benzene rings is 1. The first-order valence-corrected chi connectivity index (χ1v) is 8.65. The van der Waals surface area contributed by atoms with Crippen molar-refractivity contribution in [3.8, 4) is 11.5 Å². The van der Waals surface area contributed by atoms with Crippen LogP contribution < -0.4 is 5.11 Å². The van der Waals surface area contributed by atoms with Gasteiger partial charge in [0.25, 0.3) is 0 Å². The highest BCUT2D eigenvalue weighted by molar-refractivity contribution is 6.83. The van der Waals surface area contributed by atoms with Crippen molar-refractivity contribution in [2.75, 3.05) is 0 Å². The number of carboxylic acid groups (broad SMARTS) is 1. The largest absolute Gasteiger partial charge is 0.545 e. The van der Waals surface area contributed by atoms with Crippen LogP contribution in [0.3, 0.4) is 0 Å². The zero-order chi connectivity index (χ0) is 12.3. The average molecular weight is 231 g/mol. The maximum atomic E-state index is 10.7. The minimum absolute atomic E-state index is 0.235. The number of carboxylic acids is 1. The SMILES string of the molecule is Cc1cc(C#C[Si](C)(C)C)ccc1C(=O)[O-]. The van der Waals surface area contributed by atoms with E-state index in [9.17, 15) is 9.90 Å². The third kappa shape index (κ3) is 3.56. The second-order valence-electron chi connectivity index (χ2n) is 4.82. The lowest BCUT2D eigenvalue weighted by Gasteiger charge is -2.07. The summed E-state index contributed by atoms with van der Waals surface area (Å²) >= 11 is 0. The maximum Gasteiger partial charge on any atom is 0.129 e. The van der Waals surface area contributed by atoms with Crippen LogP contribution in [0.2, 0.25) is 19.6 Å². The molecular formula is C13H15O2Si-. The first-order chi connectivity index (χ1) is 7.29. The Hall–Kier alpha value is -1.53. The molecule has 0 saturated heterocycles. The van der Waals surface area contributed by atoms with E-state index < -0.39 is 14.0 Å². The molecule has 0 amide bonds. The standard InChI is InChI=1S/C13H16O2Si/c1-10-9-11(7-8-16(2,3)4)5-6-12(10)13(14)15/h5-6,9H,1-4H3,(H,14,15)/p-1. The summed E-state index contributed by atoms with van der Waals surface area (Å²) in [4.78, 5) is 10.7. The molecule has 0 aliphatic rings. The molecule has 0 atom stereocenters. The second-order valence-corrected chi connectivity index (χ2v) is 9.57.